The standard InChI is InChI=1S/C20H22FNO3/c21-20-6-5-14(24)18-19(20)7-8-22(10-11-1-2-11)15(20)9-12-3-4-13(23)17(25-18)16(12)19/h3-4,11,15,18,23H,1-2,5-10H2/t15-,18?,19+,20-/m1/s1. The molecule has 1 aromatic rings. The number of hydrogen-bond donors (Lipinski definition) is 1. The van der Waals surface area contributed by atoms with Crippen LogP contribution in [0.4, 0.5) is 4.39 Å². The van der Waals surface area contributed by atoms with Gasteiger partial charge in [-0.25, -0.2) is 4.39 Å². The average molecular weight is 343 g/mol. The molecule has 0 aromatic heterocycles. The van der Waals surface area contributed by atoms with E-state index in [1.807, 2.05) is 6.07 Å². The molecule has 3 fully saturated rings. The molecule has 1 aromatic carbocycles. The van der Waals surface area contributed by atoms with E-state index < -0.39 is 17.2 Å². The minimum Gasteiger partial charge on any atom is -0.504 e. The van der Waals surface area contributed by atoms with Gasteiger partial charge in [0.25, 0.3) is 0 Å². The van der Waals surface area contributed by atoms with Crippen molar-refractivity contribution in [2.75, 3.05) is 13.1 Å². The van der Waals surface area contributed by atoms with E-state index in [9.17, 15) is 9.90 Å². The predicted molar refractivity (Wildman–Crippen MR) is 88.7 cm³/mol. The molecule has 2 heterocycles. The number of halogens is 1. The van der Waals surface area contributed by atoms with E-state index in [2.05, 4.69) is 4.90 Å². The first kappa shape index (κ1) is 14.5. The molecule has 4 atom stereocenters. The zero-order chi connectivity index (χ0) is 17.0. The van der Waals surface area contributed by atoms with Crippen molar-refractivity contribution in [2.24, 2.45) is 5.92 Å². The third-order valence-electron chi connectivity index (χ3n) is 7.49. The minimum atomic E-state index is -1.44. The lowest BCUT2D eigenvalue weighted by Gasteiger charge is -2.61. The van der Waals surface area contributed by atoms with Crippen LogP contribution in [0.3, 0.4) is 0 Å². The zero-order valence-corrected chi connectivity index (χ0v) is 14.1. The highest BCUT2D eigenvalue weighted by atomic mass is 19.1. The van der Waals surface area contributed by atoms with Crippen LogP contribution in [0, 0.1) is 5.92 Å². The second kappa shape index (κ2) is 4.37. The van der Waals surface area contributed by atoms with Gasteiger partial charge in [-0.3, -0.25) is 9.69 Å². The number of likely N-dealkylation sites (tertiary alicyclic amines) is 1. The molecule has 1 unspecified atom stereocenters. The number of nitrogens with zero attached hydrogens (tertiary/aromatic N) is 1. The molecule has 1 N–H and O–H groups in total. The Morgan fingerprint density at radius 3 is 2.96 bits per heavy atom. The van der Waals surface area contributed by atoms with Crippen molar-refractivity contribution in [3.63, 3.8) is 0 Å². The van der Waals surface area contributed by atoms with Crippen LogP contribution in [-0.2, 0) is 16.6 Å². The number of carbonyl (C=O) groups is 1. The Morgan fingerprint density at radius 1 is 1.32 bits per heavy atom. The van der Waals surface area contributed by atoms with Crippen LogP contribution < -0.4 is 4.74 Å². The Labute approximate surface area is 146 Å². The molecule has 2 aliphatic heterocycles. The van der Waals surface area contributed by atoms with Gasteiger partial charge >= 0.3 is 0 Å². The lowest BCUT2D eigenvalue weighted by molar-refractivity contribution is -0.161. The summed E-state index contributed by atoms with van der Waals surface area (Å²) < 4.78 is 22.7. The van der Waals surface area contributed by atoms with Crippen LogP contribution in [0.1, 0.15) is 43.2 Å². The van der Waals surface area contributed by atoms with Gasteiger partial charge in [-0.2, -0.15) is 0 Å². The number of rotatable bonds is 2. The van der Waals surface area contributed by atoms with Crippen molar-refractivity contribution in [2.45, 2.75) is 61.8 Å². The van der Waals surface area contributed by atoms with E-state index >= 15 is 4.39 Å². The maximum absolute atomic E-state index is 16.8. The van der Waals surface area contributed by atoms with Gasteiger partial charge < -0.3 is 9.84 Å². The highest BCUT2D eigenvalue weighted by molar-refractivity contribution is 5.90. The Hall–Kier alpha value is -1.62. The third kappa shape index (κ3) is 1.55. The van der Waals surface area contributed by atoms with Gasteiger partial charge in [0.2, 0.25) is 0 Å². The van der Waals surface area contributed by atoms with Gasteiger partial charge in [0.1, 0.15) is 5.67 Å². The SMILES string of the molecule is O=C1CC[C@@]2(F)[C@H]3Cc4ccc(O)c5c4[C@@]2(CCN3CC2CC2)C1O5. The zero-order valence-electron chi connectivity index (χ0n) is 14.1. The molecule has 2 saturated carbocycles. The predicted octanol–water partition coefficient (Wildman–Crippen LogP) is 2.50. The van der Waals surface area contributed by atoms with Crippen LogP contribution in [-0.4, -0.2) is 46.7 Å². The van der Waals surface area contributed by atoms with Gasteiger partial charge in [-0.1, -0.05) is 6.07 Å². The maximum Gasteiger partial charge on any atom is 0.174 e. The number of ether oxygens (including phenoxy) is 1. The molecule has 2 bridgehead atoms. The van der Waals surface area contributed by atoms with Crippen molar-refractivity contribution in [1.29, 1.82) is 0 Å². The third-order valence-corrected chi connectivity index (χ3v) is 7.49. The van der Waals surface area contributed by atoms with Gasteiger partial charge in [0.15, 0.2) is 23.4 Å². The molecule has 0 radical (unpaired) electrons. The Bertz CT molecular complexity index is 806. The molecule has 5 aliphatic rings. The molecule has 3 aliphatic carbocycles. The first-order chi connectivity index (χ1) is 12.0. The van der Waals surface area contributed by atoms with Gasteiger partial charge in [0, 0.05) is 24.6 Å². The lowest BCUT2D eigenvalue weighted by Crippen LogP contribution is -2.74. The number of Topliss-reactive ketones (excluding diaryl/α,β-unsaturated/α-hetero) is 1. The molecule has 132 valence electrons. The summed E-state index contributed by atoms with van der Waals surface area (Å²) >= 11 is 0. The molecular weight excluding hydrogens is 321 g/mol. The Balaban J connectivity index is 1.58. The van der Waals surface area contributed by atoms with Gasteiger partial charge in [0.05, 0.1) is 5.41 Å². The molecule has 4 nitrogen and oxygen atoms in total. The number of ketones is 1. The van der Waals surface area contributed by atoms with Crippen molar-refractivity contribution in [3.8, 4) is 11.5 Å². The number of piperidine rings is 1. The quantitative estimate of drug-likeness (QED) is 0.896. The van der Waals surface area contributed by atoms with E-state index in [1.165, 1.54) is 12.8 Å². The summed E-state index contributed by atoms with van der Waals surface area (Å²) in [6.45, 7) is 1.79. The number of benzene rings is 1. The molecule has 1 spiro atoms. The van der Waals surface area contributed by atoms with Crippen molar-refractivity contribution < 1.29 is 19.0 Å². The van der Waals surface area contributed by atoms with E-state index in [4.69, 9.17) is 4.74 Å². The van der Waals surface area contributed by atoms with Gasteiger partial charge in [-0.15, -0.1) is 0 Å². The maximum atomic E-state index is 16.8. The monoisotopic (exact) mass is 343 g/mol. The normalized spacial score (nSPS) is 41.4. The first-order valence-corrected chi connectivity index (χ1v) is 9.52. The molecule has 25 heavy (non-hydrogen) atoms. The fourth-order valence-corrected chi connectivity index (χ4v) is 6.21. The fourth-order valence-electron chi connectivity index (χ4n) is 6.21. The molecule has 6 rings (SSSR count). The summed E-state index contributed by atoms with van der Waals surface area (Å²) in [5.41, 5.74) is -0.474. The number of aromatic hydroxyl groups is 1. The minimum absolute atomic E-state index is 0.00822. The Kier molecular flexibility index (Phi) is 2.54. The summed E-state index contributed by atoms with van der Waals surface area (Å²) in [7, 11) is 0. The van der Waals surface area contributed by atoms with Crippen LogP contribution >= 0.6 is 0 Å². The molecule has 1 saturated heterocycles. The van der Waals surface area contributed by atoms with E-state index in [0.717, 1.165) is 30.1 Å². The topological polar surface area (TPSA) is 49.8 Å². The summed E-state index contributed by atoms with van der Waals surface area (Å²) in [6, 6.07) is 3.37. The van der Waals surface area contributed by atoms with Crippen molar-refractivity contribution in [3.05, 3.63) is 23.3 Å². The van der Waals surface area contributed by atoms with Gasteiger partial charge in [-0.05, 0) is 56.2 Å². The van der Waals surface area contributed by atoms with E-state index in [-0.39, 0.29) is 30.4 Å². The van der Waals surface area contributed by atoms with Crippen LogP contribution in [0.5, 0.6) is 11.5 Å². The number of phenolic OH excluding ortho intramolecular Hbond substituents is 1. The smallest absolute Gasteiger partial charge is 0.174 e. The van der Waals surface area contributed by atoms with Crippen molar-refractivity contribution in [1.82, 2.24) is 4.90 Å². The van der Waals surface area contributed by atoms with Crippen molar-refractivity contribution >= 4 is 5.78 Å². The van der Waals surface area contributed by atoms with Crippen LogP contribution in [0.2, 0.25) is 0 Å². The fraction of sp³-hybridized carbons (Fsp3) is 0.650. The first-order valence-electron chi connectivity index (χ1n) is 9.52. The van der Waals surface area contributed by atoms with E-state index in [0.29, 0.717) is 18.6 Å². The molecular formula is C20H22FNO3. The van der Waals surface area contributed by atoms with Crippen LogP contribution in [0.15, 0.2) is 12.1 Å². The highest BCUT2D eigenvalue weighted by Crippen LogP contribution is 2.66. The summed E-state index contributed by atoms with van der Waals surface area (Å²) in [4.78, 5) is 15.0. The number of alkyl halides is 1. The highest BCUT2D eigenvalue weighted by Gasteiger charge is 2.74. The largest absolute Gasteiger partial charge is 0.504 e. The lowest BCUT2D eigenvalue weighted by atomic mass is 9.50. The van der Waals surface area contributed by atoms with Crippen LogP contribution in [0.25, 0.3) is 0 Å². The number of carbonyl (C=O) groups excluding carboxylic acids is 1. The number of hydrogen-bond acceptors (Lipinski definition) is 4. The second-order valence-electron chi connectivity index (χ2n) is 8.65. The summed E-state index contributed by atoms with van der Waals surface area (Å²) in [5, 5.41) is 10.3. The summed E-state index contributed by atoms with van der Waals surface area (Å²) in [6.07, 6.45) is 3.52. The molecule has 5 heteroatoms. The molecule has 0 amide bonds. The van der Waals surface area contributed by atoms with E-state index in [1.54, 1.807) is 6.07 Å². The Morgan fingerprint density at radius 2 is 2.16 bits per heavy atom. The second-order valence-corrected chi connectivity index (χ2v) is 8.65. The average Bonchev–Trinajstić information content (AvgIpc) is 3.32. The number of phenols is 1. The summed E-state index contributed by atoms with van der Waals surface area (Å²) in [5.74, 6) is 1.12.